The van der Waals surface area contributed by atoms with Gasteiger partial charge in [0.15, 0.2) is 5.84 Å². The molecular weight excluding hydrogens is 343 g/mol. The molecule has 0 aromatic heterocycles. The maximum atomic E-state index is 13.3. The summed E-state index contributed by atoms with van der Waals surface area (Å²) in [4.78, 5) is 0. The van der Waals surface area contributed by atoms with E-state index in [0.29, 0.717) is 5.56 Å². The Balaban J connectivity index is 2.36. The van der Waals surface area contributed by atoms with Gasteiger partial charge < -0.3 is 5.11 Å². The Bertz CT molecular complexity index is 939. The van der Waals surface area contributed by atoms with Crippen LogP contribution < -0.4 is 5.48 Å². The van der Waals surface area contributed by atoms with Crippen LogP contribution in [0, 0.1) is 0 Å². The number of hydrogen-bond acceptors (Lipinski definition) is 3. The van der Waals surface area contributed by atoms with E-state index in [2.05, 4.69) is 18.2 Å². The lowest BCUT2D eigenvalue weighted by Gasteiger charge is -2.18. The van der Waals surface area contributed by atoms with Crippen molar-refractivity contribution in [2.75, 3.05) is 0 Å². The number of hydrogen-bond donors (Lipinski definition) is 3. The normalized spacial score (nSPS) is 11.4. The minimum atomic E-state index is -0.244. The number of nitrogens with one attached hydrogen (secondary N) is 1. The van der Waals surface area contributed by atoms with Crippen molar-refractivity contribution in [1.82, 2.24) is 5.48 Å². The molecule has 0 aliphatic heterocycles. The first-order valence-electron chi connectivity index (χ1n) is 8.79. The molecular formula is C22H21FN2O2. The van der Waals surface area contributed by atoms with Crippen molar-refractivity contribution < 1.29 is 14.8 Å². The molecule has 0 amide bonds. The first-order chi connectivity index (χ1) is 13.2. The fourth-order valence-corrected chi connectivity index (χ4v) is 3.23. The molecule has 0 atom stereocenters. The van der Waals surface area contributed by atoms with E-state index in [0.717, 1.165) is 40.7 Å². The van der Waals surface area contributed by atoms with E-state index >= 15 is 0 Å². The van der Waals surface area contributed by atoms with Crippen molar-refractivity contribution in [3.63, 3.8) is 0 Å². The van der Waals surface area contributed by atoms with Crippen molar-refractivity contribution in [1.29, 1.82) is 0 Å². The molecule has 0 aliphatic rings. The second kappa shape index (κ2) is 8.47. The number of nitrogens with zero attached hydrogens (tertiary/aromatic N) is 1. The zero-order valence-corrected chi connectivity index (χ0v) is 15.0. The maximum Gasteiger partial charge on any atom is 0.190 e. The molecule has 0 aliphatic carbocycles. The van der Waals surface area contributed by atoms with Crippen LogP contribution in [0.15, 0.2) is 71.9 Å². The molecule has 0 heterocycles. The summed E-state index contributed by atoms with van der Waals surface area (Å²) in [5.41, 5.74) is 6.72. The summed E-state index contributed by atoms with van der Waals surface area (Å²) in [5, 5.41) is 21.8. The third kappa shape index (κ3) is 3.99. The number of phenols is 1. The Morgan fingerprint density at radius 2 is 1.70 bits per heavy atom. The van der Waals surface area contributed by atoms with Gasteiger partial charge in [0, 0.05) is 11.1 Å². The molecule has 3 aromatic rings. The highest BCUT2D eigenvalue weighted by Crippen LogP contribution is 2.37. The van der Waals surface area contributed by atoms with Gasteiger partial charge in [0.1, 0.15) is 5.75 Å². The fraction of sp³-hybridized carbons (Fsp3) is 0.136. The lowest BCUT2D eigenvalue weighted by atomic mass is 9.87. The molecule has 138 valence electrons. The number of rotatable bonds is 5. The zero-order chi connectivity index (χ0) is 19.2. The molecule has 4 nitrogen and oxygen atoms in total. The molecule has 3 rings (SSSR count). The lowest BCUT2D eigenvalue weighted by molar-refractivity contribution is 0.232. The monoisotopic (exact) mass is 364 g/mol. The van der Waals surface area contributed by atoms with Crippen LogP contribution in [0.5, 0.6) is 5.75 Å². The average Bonchev–Trinajstić information content (AvgIpc) is 2.70. The lowest BCUT2D eigenvalue weighted by Crippen LogP contribution is -2.21. The number of benzene rings is 3. The van der Waals surface area contributed by atoms with Gasteiger partial charge >= 0.3 is 0 Å². The highest BCUT2D eigenvalue weighted by Gasteiger charge is 2.18. The predicted molar refractivity (Wildman–Crippen MR) is 106 cm³/mol. The minimum Gasteiger partial charge on any atom is -0.508 e. The summed E-state index contributed by atoms with van der Waals surface area (Å²) in [6.45, 7) is 2.07. The van der Waals surface area contributed by atoms with Crippen LogP contribution in [0.25, 0.3) is 22.3 Å². The van der Waals surface area contributed by atoms with E-state index in [1.54, 1.807) is 12.1 Å². The Hall–Kier alpha value is -3.18. The van der Waals surface area contributed by atoms with Crippen molar-refractivity contribution in [3.8, 4) is 28.0 Å². The summed E-state index contributed by atoms with van der Waals surface area (Å²) >= 11 is 0. The molecule has 0 unspecified atom stereocenters. The summed E-state index contributed by atoms with van der Waals surface area (Å²) in [5.74, 6) is -0.0696. The maximum absolute atomic E-state index is 13.3. The average molecular weight is 364 g/mol. The van der Waals surface area contributed by atoms with Crippen molar-refractivity contribution in [3.05, 3.63) is 77.9 Å². The first kappa shape index (κ1) is 18.6. The quantitative estimate of drug-likeness (QED) is 0.327. The van der Waals surface area contributed by atoms with Crippen molar-refractivity contribution >= 4 is 5.84 Å². The number of phenolic OH excluding ortho intramolecular Hbond substituents is 1. The van der Waals surface area contributed by atoms with Gasteiger partial charge in [0.05, 0.1) is 0 Å². The van der Waals surface area contributed by atoms with Gasteiger partial charge in [-0.2, -0.15) is 0 Å². The highest BCUT2D eigenvalue weighted by atomic mass is 19.2. The number of halogens is 1. The van der Waals surface area contributed by atoms with Crippen LogP contribution >= 0.6 is 0 Å². The highest BCUT2D eigenvalue weighted by molar-refractivity contribution is 6.07. The van der Waals surface area contributed by atoms with E-state index in [9.17, 15) is 14.8 Å². The van der Waals surface area contributed by atoms with E-state index < -0.39 is 0 Å². The summed E-state index contributed by atoms with van der Waals surface area (Å²) in [7, 11) is 0. The second-order valence-corrected chi connectivity index (χ2v) is 6.27. The standard InChI is InChI=1S/C22H21FN2O2/c1-2-6-15-13-19(16-9-11-18(26)12-10-16)21(17-7-4-3-5-8-17)20(14-15)22(24-23)25-27/h3-5,7-14,26-27H,2,6H2,1H3,(H,24,25). The van der Waals surface area contributed by atoms with Crippen molar-refractivity contribution in [2.45, 2.75) is 19.8 Å². The summed E-state index contributed by atoms with van der Waals surface area (Å²) < 4.78 is 13.3. The van der Waals surface area contributed by atoms with E-state index in [4.69, 9.17) is 0 Å². The molecule has 27 heavy (non-hydrogen) atoms. The van der Waals surface area contributed by atoms with E-state index in [1.807, 2.05) is 54.0 Å². The van der Waals surface area contributed by atoms with Gasteiger partial charge in [-0.1, -0.05) is 71.6 Å². The summed E-state index contributed by atoms with van der Waals surface area (Å²) in [6, 6.07) is 20.3. The summed E-state index contributed by atoms with van der Waals surface area (Å²) in [6.07, 6.45) is 1.73. The van der Waals surface area contributed by atoms with Crippen LogP contribution in [0.1, 0.15) is 24.5 Å². The molecule has 0 fully saturated rings. The third-order valence-electron chi connectivity index (χ3n) is 4.42. The first-order valence-corrected chi connectivity index (χ1v) is 8.79. The largest absolute Gasteiger partial charge is 0.508 e. The van der Waals surface area contributed by atoms with Crippen LogP contribution in [0.4, 0.5) is 4.48 Å². The molecule has 0 bridgehead atoms. The number of hydroxylamine groups is 1. The fourth-order valence-electron chi connectivity index (χ4n) is 3.23. The van der Waals surface area contributed by atoms with Crippen LogP contribution in [0.3, 0.4) is 0 Å². The van der Waals surface area contributed by atoms with Gasteiger partial charge in [0.25, 0.3) is 0 Å². The van der Waals surface area contributed by atoms with Crippen LogP contribution in [-0.2, 0) is 6.42 Å². The van der Waals surface area contributed by atoms with Gasteiger partial charge in [-0.25, -0.2) is 5.48 Å². The third-order valence-corrected chi connectivity index (χ3v) is 4.42. The molecule has 0 saturated heterocycles. The second-order valence-electron chi connectivity index (χ2n) is 6.27. The Kier molecular flexibility index (Phi) is 5.84. The Morgan fingerprint density at radius 3 is 2.30 bits per heavy atom. The smallest absolute Gasteiger partial charge is 0.190 e. The topological polar surface area (TPSA) is 64.9 Å². The van der Waals surface area contributed by atoms with Gasteiger partial charge in [0.2, 0.25) is 0 Å². The van der Waals surface area contributed by atoms with Crippen molar-refractivity contribution in [2.24, 2.45) is 5.21 Å². The van der Waals surface area contributed by atoms with Gasteiger partial charge in [-0.3, -0.25) is 5.21 Å². The number of aryl methyl sites for hydroxylation is 1. The molecule has 0 spiro atoms. The minimum absolute atomic E-state index is 0.174. The molecule has 0 saturated carbocycles. The number of aromatic hydroxyl groups is 1. The molecule has 5 heteroatoms. The molecule has 3 N–H and O–H groups in total. The van der Waals surface area contributed by atoms with E-state index in [1.165, 1.54) is 0 Å². The number of amidine groups is 1. The molecule has 3 aromatic carbocycles. The molecule has 0 radical (unpaired) electrons. The Morgan fingerprint density at radius 1 is 1.00 bits per heavy atom. The Labute approximate surface area is 157 Å². The zero-order valence-electron chi connectivity index (χ0n) is 15.0. The SMILES string of the molecule is CCCc1cc(C(=NF)NO)c(-c2ccccc2)c(-c2ccc(O)cc2)c1. The van der Waals surface area contributed by atoms with E-state index in [-0.39, 0.29) is 11.6 Å². The van der Waals surface area contributed by atoms with Crippen LogP contribution in [-0.4, -0.2) is 16.1 Å². The predicted octanol–water partition coefficient (Wildman–Crippen LogP) is 5.29. The van der Waals surface area contributed by atoms with Gasteiger partial charge in [-0.05, 0) is 46.9 Å². The van der Waals surface area contributed by atoms with Crippen LogP contribution in [0.2, 0.25) is 0 Å². The van der Waals surface area contributed by atoms with Gasteiger partial charge in [-0.15, -0.1) is 0 Å².